The van der Waals surface area contributed by atoms with Gasteiger partial charge in [-0.1, -0.05) is 23.8 Å². The van der Waals surface area contributed by atoms with Gasteiger partial charge in [-0.15, -0.1) is 0 Å². The Bertz CT molecular complexity index is 678. The highest BCUT2D eigenvalue weighted by atomic mass is 19.2. The van der Waals surface area contributed by atoms with Crippen LogP contribution in [-0.4, -0.2) is 6.04 Å². The Balaban J connectivity index is 2.03. The first-order valence-corrected chi connectivity index (χ1v) is 7.03. The molecule has 4 heteroatoms. The van der Waals surface area contributed by atoms with E-state index in [1.165, 1.54) is 6.07 Å². The maximum Gasteiger partial charge on any atom is 0.195 e. The number of benzene rings is 2. The minimum absolute atomic E-state index is 0.102. The average Bonchev–Trinajstić information content (AvgIpc) is 3.28. The van der Waals surface area contributed by atoms with Gasteiger partial charge in [0.25, 0.3) is 0 Å². The van der Waals surface area contributed by atoms with E-state index in [4.69, 9.17) is 0 Å². The van der Waals surface area contributed by atoms with Gasteiger partial charge >= 0.3 is 0 Å². The number of hydrogen-bond donors (Lipinski definition) is 1. The van der Waals surface area contributed by atoms with Crippen molar-refractivity contribution in [2.45, 2.75) is 32.4 Å². The predicted molar refractivity (Wildman–Crippen MR) is 76.4 cm³/mol. The van der Waals surface area contributed by atoms with Crippen LogP contribution in [0.15, 0.2) is 30.3 Å². The summed E-state index contributed by atoms with van der Waals surface area (Å²) in [6.45, 7) is 2.48. The first-order valence-electron chi connectivity index (χ1n) is 7.03. The molecule has 1 aliphatic rings. The Morgan fingerprint density at radius 2 is 1.76 bits per heavy atom. The molecule has 0 aliphatic heterocycles. The Morgan fingerprint density at radius 3 is 2.48 bits per heavy atom. The molecule has 0 radical (unpaired) electrons. The Morgan fingerprint density at radius 1 is 1.00 bits per heavy atom. The van der Waals surface area contributed by atoms with Crippen LogP contribution in [-0.2, 0) is 6.54 Å². The first-order chi connectivity index (χ1) is 10.1. The fourth-order valence-corrected chi connectivity index (χ4v) is 2.37. The van der Waals surface area contributed by atoms with Crippen molar-refractivity contribution in [2.24, 2.45) is 0 Å². The van der Waals surface area contributed by atoms with E-state index in [-0.39, 0.29) is 5.56 Å². The molecule has 0 unspecified atom stereocenters. The van der Waals surface area contributed by atoms with Gasteiger partial charge in [0.05, 0.1) is 0 Å². The molecule has 0 atom stereocenters. The van der Waals surface area contributed by atoms with E-state index in [1.54, 1.807) is 6.07 Å². The zero-order valence-electron chi connectivity index (χ0n) is 11.7. The summed E-state index contributed by atoms with van der Waals surface area (Å²) >= 11 is 0. The molecule has 0 bridgehead atoms. The molecule has 2 aromatic carbocycles. The van der Waals surface area contributed by atoms with Crippen molar-refractivity contribution >= 4 is 0 Å². The quantitative estimate of drug-likeness (QED) is 0.827. The van der Waals surface area contributed by atoms with Gasteiger partial charge < -0.3 is 5.32 Å². The van der Waals surface area contributed by atoms with Gasteiger partial charge in [-0.2, -0.15) is 0 Å². The highest BCUT2D eigenvalue weighted by Crippen LogP contribution is 2.30. The maximum absolute atomic E-state index is 14.0. The average molecular weight is 291 g/mol. The molecule has 2 aromatic rings. The molecule has 1 aliphatic carbocycles. The standard InChI is InChI=1S/C17H16F3N/c1-10-2-3-11(9-21-12-4-5-12)14(8-10)13-6-7-15(18)17(20)16(13)19/h2-3,6-8,12,21H,4-5,9H2,1H3. The zero-order chi connectivity index (χ0) is 15.0. The number of halogens is 3. The fourth-order valence-electron chi connectivity index (χ4n) is 2.37. The number of aryl methyl sites for hydroxylation is 1. The number of rotatable bonds is 4. The van der Waals surface area contributed by atoms with Crippen LogP contribution in [0.1, 0.15) is 24.0 Å². The molecular formula is C17H16F3N. The maximum atomic E-state index is 14.0. The van der Waals surface area contributed by atoms with Crippen LogP contribution in [0.2, 0.25) is 0 Å². The molecule has 0 saturated heterocycles. The second-order valence-electron chi connectivity index (χ2n) is 5.54. The largest absolute Gasteiger partial charge is 0.310 e. The van der Waals surface area contributed by atoms with Crippen LogP contribution in [0.3, 0.4) is 0 Å². The summed E-state index contributed by atoms with van der Waals surface area (Å²) in [7, 11) is 0. The van der Waals surface area contributed by atoms with Crippen molar-refractivity contribution in [1.29, 1.82) is 0 Å². The molecule has 0 spiro atoms. The van der Waals surface area contributed by atoms with Crippen molar-refractivity contribution in [2.75, 3.05) is 0 Å². The van der Waals surface area contributed by atoms with E-state index in [2.05, 4.69) is 5.32 Å². The van der Waals surface area contributed by atoms with E-state index in [1.807, 2.05) is 19.1 Å². The Kier molecular flexibility index (Phi) is 3.72. The van der Waals surface area contributed by atoms with Crippen molar-refractivity contribution in [3.63, 3.8) is 0 Å². The van der Waals surface area contributed by atoms with Crippen molar-refractivity contribution < 1.29 is 13.2 Å². The van der Waals surface area contributed by atoms with Gasteiger partial charge in [0, 0.05) is 18.2 Å². The summed E-state index contributed by atoms with van der Waals surface area (Å²) in [5, 5.41) is 3.36. The summed E-state index contributed by atoms with van der Waals surface area (Å²) in [6.07, 6.45) is 2.31. The van der Waals surface area contributed by atoms with Crippen LogP contribution in [0.4, 0.5) is 13.2 Å². The fraction of sp³-hybridized carbons (Fsp3) is 0.294. The first kappa shape index (κ1) is 14.1. The van der Waals surface area contributed by atoms with Gasteiger partial charge in [0.2, 0.25) is 0 Å². The second-order valence-corrected chi connectivity index (χ2v) is 5.54. The van der Waals surface area contributed by atoms with Gasteiger partial charge in [-0.3, -0.25) is 0 Å². The lowest BCUT2D eigenvalue weighted by atomic mass is 9.96. The summed E-state index contributed by atoms with van der Waals surface area (Å²) < 4.78 is 40.6. The van der Waals surface area contributed by atoms with Crippen LogP contribution >= 0.6 is 0 Å². The summed E-state index contributed by atoms with van der Waals surface area (Å²) in [5.74, 6) is -3.72. The molecule has 3 rings (SSSR count). The minimum Gasteiger partial charge on any atom is -0.310 e. The van der Waals surface area contributed by atoms with Gasteiger partial charge in [-0.05, 0) is 43.0 Å². The monoisotopic (exact) mass is 291 g/mol. The molecule has 0 amide bonds. The highest BCUT2D eigenvalue weighted by Gasteiger charge is 2.21. The van der Waals surface area contributed by atoms with E-state index in [0.717, 1.165) is 30.0 Å². The van der Waals surface area contributed by atoms with Crippen molar-refractivity contribution in [1.82, 2.24) is 5.32 Å². The number of nitrogens with one attached hydrogen (secondary N) is 1. The Labute approximate surface area is 121 Å². The molecule has 21 heavy (non-hydrogen) atoms. The van der Waals surface area contributed by atoms with Crippen molar-refractivity contribution in [3.05, 3.63) is 58.9 Å². The molecule has 1 N–H and O–H groups in total. The molecule has 1 fully saturated rings. The summed E-state index contributed by atoms with van der Waals surface area (Å²) in [6, 6.07) is 8.43. The highest BCUT2D eigenvalue weighted by molar-refractivity contribution is 5.69. The van der Waals surface area contributed by atoms with Crippen LogP contribution in [0.25, 0.3) is 11.1 Å². The molecule has 0 heterocycles. The van der Waals surface area contributed by atoms with Gasteiger partial charge in [-0.25, -0.2) is 13.2 Å². The van der Waals surface area contributed by atoms with E-state index >= 15 is 0 Å². The van der Waals surface area contributed by atoms with Crippen molar-refractivity contribution in [3.8, 4) is 11.1 Å². The molecule has 1 saturated carbocycles. The van der Waals surface area contributed by atoms with E-state index < -0.39 is 17.5 Å². The third-order valence-electron chi connectivity index (χ3n) is 3.75. The lowest BCUT2D eigenvalue weighted by molar-refractivity contribution is 0.449. The van der Waals surface area contributed by atoms with Gasteiger partial charge in [0.1, 0.15) is 0 Å². The van der Waals surface area contributed by atoms with Crippen LogP contribution in [0, 0.1) is 24.4 Å². The van der Waals surface area contributed by atoms with E-state index in [9.17, 15) is 13.2 Å². The van der Waals surface area contributed by atoms with Gasteiger partial charge in [0.15, 0.2) is 17.5 Å². The molecular weight excluding hydrogens is 275 g/mol. The third-order valence-corrected chi connectivity index (χ3v) is 3.75. The zero-order valence-corrected chi connectivity index (χ0v) is 11.7. The summed E-state index contributed by atoms with van der Waals surface area (Å²) in [5.41, 5.74) is 2.55. The molecule has 1 nitrogen and oxygen atoms in total. The minimum atomic E-state index is -1.42. The normalized spacial score (nSPS) is 14.5. The summed E-state index contributed by atoms with van der Waals surface area (Å²) in [4.78, 5) is 0. The predicted octanol–water partition coefficient (Wildman–Crippen LogP) is 4.33. The van der Waals surface area contributed by atoms with E-state index in [0.29, 0.717) is 18.2 Å². The molecule has 110 valence electrons. The third kappa shape index (κ3) is 2.95. The number of hydrogen-bond acceptors (Lipinski definition) is 1. The lowest BCUT2D eigenvalue weighted by Gasteiger charge is -2.13. The topological polar surface area (TPSA) is 12.0 Å². The van der Waals surface area contributed by atoms with Crippen LogP contribution in [0.5, 0.6) is 0 Å². The second kappa shape index (κ2) is 5.53. The SMILES string of the molecule is Cc1ccc(CNC2CC2)c(-c2ccc(F)c(F)c2F)c1. The smallest absolute Gasteiger partial charge is 0.195 e. The lowest BCUT2D eigenvalue weighted by Crippen LogP contribution is -2.16. The Hall–Kier alpha value is -1.81. The van der Waals surface area contributed by atoms with Crippen LogP contribution < -0.4 is 5.32 Å². The molecule has 0 aromatic heterocycles.